The molecule has 0 saturated carbocycles. The first-order valence-corrected chi connectivity index (χ1v) is 9.12. The highest BCUT2D eigenvalue weighted by Crippen LogP contribution is 2.31. The normalized spacial score (nSPS) is 22.6. The van der Waals surface area contributed by atoms with Gasteiger partial charge in [-0.2, -0.15) is 0 Å². The SMILES string of the molecule is NC(C(=O)N1CCC(C(O)c2ccc(F)cc2)CC1)C1CCOCC1. The average Bonchev–Trinajstić information content (AvgIpc) is 2.67. The predicted molar refractivity (Wildman–Crippen MR) is 92.2 cm³/mol. The van der Waals surface area contributed by atoms with Gasteiger partial charge in [0.25, 0.3) is 0 Å². The van der Waals surface area contributed by atoms with E-state index in [2.05, 4.69) is 0 Å². The zero-order valence-electron chi connectivity index (χ0n) is 14.4. The molecule has 1 amide bonds. The van der Waals surface area contributed by atoms with Crippen LogP contribution in [0.3, 0.4) is 0 Å². The molecule has 2 heterocycles. The van der Waals surface area contributed by atoms with E-state index < -0.39 is 12.1 Å². The van der Waals surface area contributed by atoms with Crippen molar-refractivity contribution in [2.24, 2.45) is 17.6 Å². The maximum Gasteiger partial charge on any atom is 0.239 e. The Bertz CT molecular complexity index is 567. The van der Waals surface area contributed by atoms with E-state index in [9.17, 15) is 14.3 Å². The molecule has 5 nitrogen and oxygen atoms in total. The minimum absolute atomic E-state index is 0.0154. The number of carbonyl (C=O) groups excluding carboxylic acids is 1. The number of amides is 1. The molecule has 2 aliphatic rings. The summed E-state index contributed by atoms with van der Waals surface area (Å²) in [7, 11) is 0. The third-order valence-corrected chi connectivity index (χ3v) is 5.57. The van der Waals surface area contributed by atoms with Crippen molar-refractivity contribution in [2.45, 2.75) is 37.8 Å². The molecule has 6 heteroatoms. The third kappa shape index (κ3) is 4.37. The van der Waals surface area contributed by atoms with Gasteiger partial charge in [-0.15, -0.1) is 0 Å². The number of nitrogens with two attached hydrogens (primary N) is 1. The second-order valence-corrected chi connectivity index (χ2v) is 7.13. The molecular formula is C19H27FN2O3. The number of aliphatic hydroxyl groups is 1. The van der Waals surface area contributed by atoms with Crippen molar-refractivity contribution in [2.75, 3.05) is 26.3 Å². The molecule has 0 aliphatic carbocycles. The van der Waals surface area contributed by atoms with Crippen LogP contribution in [0.4, 0.5) is 4.39 Å². The molecule has 0 aromatic heterocycles. The highest BCUT2D eigenvalue weighted by atomic mass is 19.1. The molecule has 1 aromatic carbocycles. The van der Waals surface area contributed by atoms with Gasteiger partial charge in [-0.1, -0.05) is 12.1 Å². The van der Waals surface area contributed by atoms with Crippen LogP contribution in [0.1, 0.15) is 37.4 Å². The van der Waals surface area contributed by atoms with Gasteiger partial charge in [0.2, 0.25) is 5.91 Å². The summed E-state index contributed by atoms with van der Waals surface area (Å²) in [6.45, 7) is 2.58. The molecule has 2 saturated heterocycles. The number of piperidine rings is 1. The van der Waals surface area contributed by atoms with E-state index >= 15 is 0 Å². The standard InChI is InChI=1S/C19H27FN2O3/c20-16-3-1-14(2-4-16)18(23)15-5-9-22(10-6-15)19(24)17(21)13-7-11-25-12-8-13/h1-4,13,15,17-18,23H,5-12,21H2. The quantitative estimate of drug-likeness (QED) is 0.869. The van der Waals surface area contributed by atoms with Crippen molar-refractivity contribution < 1.29 is 19.0 Å². The van der Waals surface area contributed by atoms with Crippen molar-refractivity contribution in [3.63, 3.8) is 0 Å². The van der Waals surface area contributed by atoms with Gasteiger partial charge in [-0.3, -0.25) is 4.79 Å². The summed E-state index contributed by atoms with van der Waals surface area (Å²) in [6, 6.07) is 5.52. The lowest BCUT2D eigenvalue weighted by molar-refractivity contribution is -0.136. The monoisotopic (exact) mass is 350 g/mol. The lowest BCUT2D eigenvalue weighted by Gasteiger charge is -2.37. The van der Waals surface area contributed by atoms with Crippen molar-refractivity contribution in [3.8, 4) is 0 Å². The van der Waals surface area contributed by atoms with Gasteiger partial charge < -0.3 is 20.5 Å². The van der Waals surface area contributed by atoms with E-state index in [0.29, 0.717) is 26.3 Å². The molecule has 1 aromatic rings. The Kier molecular flexibility index (Phi) is 6.04. The van der Waals surface area contributed by atoms with Gasteiger partial charge >= 0.3 is 0 Å². The van der Waals surface area contributed by atoms with Crippen LogP contribution < -0.4 is 5.73 Å². The smallest absolute Gasteiger partial charge is 0.239 e. The second kappa shape index (κ2) is 8.25. The van der Waals surface area contributed by atoms with Crippen LogP contribution in [0, 0.1) is 17.7 Å². The fourth-order valence-corrected chi connectivity index (χ4v) is 3.86. The number of carbonyl (C=O) groups is 1. The fraction of sp³-hybridized carbons (Fsp3) is 0.632. The molecule has 2 atom stereocenters. The number of hydrogen-bond acceptors (Lipinski definition) is 4. The van der Waals surface area contributed by atoms with Crippen LogP contribution in [0.25, 0.3) is 0 Å². The first-order chi connectivity index (χ1) is 12.1. The molecule has 2 aliphatic heterocycles. The Morgan fingerprint density at radius 3 is 2.32 bits per heavy atom. The number of ether oxygens (including phenoxy) is 1. The van der Waals surface area contributed by atoms with E-state index in [1.165, 1.54) is 12.1 Å². The average molecular weight is 350 g/mol. The molecule has 0 radical (unpaired) electrons. The lowest BCUT2D eigenvalue weighted by Crippen LogP contribution is -2.51. The fourth-order valence-electron chi connectivity index (χ4n) is 3.86. The zero-order chi connectivity index (χ0) is 17.8. The van der Waals surface area contributed by atoms with Crippen LogP contribution in [0.5, 0.6) is 0 Å². The molecule has 3 rings (SSSR count). The van der Waals surface area contributed by atoms with E-state index in [0.717, 1.165) is 31.2 Å². The molecule has 0 bridgehead atoms. The van der Waals surface area contributed by atoms with E-state index in [1.54, 1.807) is 12.1 Å². The summed E-state index contributed by atoms with van der Waals surface area (Å²) in [6.07, 6.45) is 2.51. The summed E-state index contributed by atoms with van der Waals surface area (Å²) in [5.74, 6) is -0.0160. The van der Waals surface area contributed by atoms with Crippen LogP contribution in [0.2, 0.25) is 0 Å². The molecule has 2 unspecified atom stereocenters. The Balaban J connectivity index is 1.52. The summed E-state index contributed by atoms with van der Waals surface area (Å²) >= 11 is 0. The maximum atomic E-state index is 13.0. The highest BCUT2D eigenvalue weighted by Gasteiger charge is 2.33. The zero-order valence-corrected chi connectivity index (χ0v) is 14.4. The van der Waals surface area contributed by atoms with E-state index in [1.807, 2.05) is 4.90 Å². The van der Waals surface area contributed by atoms with Gasteiger partial charge in [0.1, 0.15) is 5.82 Å². The molecule has 138 valence electrons. The number of aliphatic hydroxyl groups excluding tert-OH is 1. The largest absolute Gasteiger partial charge is 0.388 e. The number of hydrogen-bond donors (Lipinski definition) is 2. The lowest BCUT2D eigenvalue weighted by atomic mass is 9.86. The van der Waals surface area contributed by atoms with Crippen LogP contribution >= 0.6 is 0 Å². The van der Waals surface area contributed by atoms with Crippen molar-refractivity contribution in [1.29, 1.82) is 0 Å². The first kappa shape index (κ1) is 18.3. The van der Waals surface area contributed by atoms with Crippen LogP contribution in [0.15, 0.2) is 24.3 Å². The Labute approximate surface area is 147 Å². The number of halogens is 1. The van der Waals surface area contributed by atoms with Crippen molar-refractivity contribution in [1.82, 2.24) is 4.90 Å². The van der Waals surface area contributed by atoms with Crippen molar-refractivity contribution in [3.05, 3.63) is 35.6 Å². The van der Waals surface area contributed by atoms with Gasteiger partial charge in [0.15, 0.2) is 0 Å². The minimum Gasteiger partial charge on any atom is -0.388 e. The van der Waals surface area contributed by atoms with Gasteiger partial charge in [0, 0.05) is 26.3 Å². The number of nitrogens with zero attached hydrogens (tertiary/aromatic N) is 1. The van der Waals surface area contributed by atoms with Crippen LogP contribution in [-0.4, -0.2) is 48.3 Å². The summed E-state index contributed by atoms with van der Waals surface area (Å²) in [4.78, 5) is 14.5. The number of rotatable bonds is 4. The highest BCUT2D eigenvalue weighted by molar-refractivity contribution is 5.82. The summed E-state index contributed by atoms with van der Waals surface area (Å²) < 4.78 is 18.3. The predicted octanol–water partition coefficient (Wildman–Crippen LogP) is 1.85. The van der Waals surface area contributed by atoms with Gasteiger partial charge in [-0.25, -0.2) is 4.39 Å². The molecule has 0 spiro atoms. The molecule has 25 heavy (non-hydrogen) atoms. The topological polar surface area (TPSA) is 75.8 Å². The van der Waals surface area contributed by atoms with Gasteiger partial charge in [-0.05, 0) is 55.2 Å². The summed E-state index contributed by atoms with van der Waals surface area (Å²) in [5, 5.41) is 10.5. The van der Waals surface area contributed by atoms with Crippen molar-refractivity contribution >= 4 is 5.91 Å². The maximum absolute atomic E-state index is 13.0. The molecule has 3 N–H and O–H groups in total. The summed E-state index contributed by atoms with van der Waals surface area (Å²) in [5.41, 5.74) is 6.92. The number of benzene rings is 1. The second-order valence-electron chi connectivity index (χ2n) is 7.13. The minimum atomic E-state index is -0.623. The Morgan fingerprint density at radius 1 is 1.12 bits per heavy atom. The third-order valence-electron chi connectivity index (χ3n) is 5.57. The Morgan fingerprint density at radius 2 is 1.72 bits per heavy atom. The first-order valence-electron chi connectivity index (χ1n) is 9.12. The number of likely N-dealkylation sites (tertiary alicyclic amines) is 1. The van der Waals surface area contributed by atoms with Crippen LogP contribution in [-0.2, 0) is 9.53 Å². The van der Waals surface area contributed by atoms with E-state index in [-0.39, 0.29) is 23.6 Å². The molecular weight excluding hydrogens is 323 g/mol. The Hall–Kier alpha value is -1.50. The van der Waals surface area contributed by atoms with E-state index in [4.69, 9.17) is 10.5 Å². The van der Waals surface area contributed by atoms with Gasteiger partial charge in [0.05, 0.1) is 12.1 Å². The molecule has 2 fully saturated rings.